The molecule has 0 atom stereocenters. The fourth-order valence-corrected chi connectivity index (χ4v) is 4.93. The summed E-state index contributed by atoms with van der Waals surface area (Å²) in [6.07, 6.45) is 7.84. The van der Waals surface area contributed by atoms with Gasteiger partial charge in [0.15, 0.2) is 0 Å². The SMILES string of the molecule is O=C(Nc1cnc2ccccc2c1)C1(Cc2cccc3ccccc23)CCCCC1. The predicted molar refractivity (Wildman–Crippen MR) is 124 cm³/mol. The van der Waals surface area contributed by atoms with Crippen molar-refractivity contribution in [3.8, 4) is 0 Å². The number of carbonyl (C=O) groups is 1. The van der Waals surface area contributed by atoms with Gasteiger partial charge in [-0.1, -0.05) is 79.9 Å². The monoisotopic (exact) mass is 394 g/mol. The molecular formula is C27H26N2O. The van der Waals surface area contributed by atoms with E-state index in [1.165, 1.54) is 22.8 Å². The summed E-state index contributed by atoms with van der Waals surface area (Å²) in [7, 11) is 0. The highest BCUT2D eigenvalue weighted by molar-refractivity contribution is 5.97. The molecule has 1 aliphatic rings. The minimum atomic E-state index is -0.367. The number of hydrogen-bond acceptors (Lipinski definition) is 2. The third-order valence-electron chi connectivity index (χ3n) is 6.55. The Morgan fingerprint density at radius 2 is 1.60 bits per heavy atom. The van der Waals surface area contributed by atoms with Gasteiger partial charge >= 0.3 is 0 Å². The second-order valence-corrected chi connectivity index (χ2v) is 8.53. The summed E-state index contributed by atoms with van der Waals surface area (Å²) < 4.78 is 0. The molecule has 0 radical (unpaired) electrons. The number of carbonyl (C=O) groups excluding carboxylic acids is 1. The van der Waals surface area contributed by atoms with E-state index in [0.717, 1.165) is 48.7 Å². The van der Waals surface area contributed by atoms with Crippen LogP contribution in [0.3, 0.4) is 0 Å². The van der Waals surface area contributed by atoms with Gasteiger partial charge in [-0.3, -0.25) is 9.78 Å². The van der Waals surface area contributed by atoms with E-state index in [2.05, 4.69) is 52.8 Å². The molecule has 0 unspecified atom stereocenters. The molecule has 3 aromatic carbocycles. The fraction of sp³-hybridized carbons (Fsp3) is 0.259. The van der Waals surface area contributed by atoms with E-state index in [1.807, 2.05) is 30.3 Å². The number of fused-ring (bicyclic) bond motifs is 2. The van der Waals surface area contributed by atoms with Crippen LogP contribution in [-0.2, 0) is 11.2 Å². The molecule has 1 heterocycles. The number of rotatable bonds is 4. The van der Waals surface area contributed by atoms with E-state index in [1.54, 1.807) is 6.20 Å². The van der Waals surface area contributed by atoms with Gasteiger partial charge in [-0.25, -0.2) is 0 Å². The molecule has 0 spiro atoms. The summed E-state index contributed by atoms with van der Waals surface area (Å²) in [5.41, 5.74) is 2.62. The van der Waals surface area contributed by atoms with Crippen LogP contribution in [0.4, 0.5) is 5.69 Å². The van der Waals surface area contributed by atoms with Crippen molar-refractivity contribution in [3.05, 3.63) is 84.6 Å². The van der Waals surface area contributed by atoms with Crippen molar-refractivity contribution in [2.24, 2.45) is 5.41 Å². The van der Waals surface area contributed by atoms with Crippen LogP contribution < -0.4 is 5.32 Å². The average Bonchev–Trinajstić information content (AvgIpc) is 2.80. The zero-order valence-electron chi connectivity index (χ0n) is 17.1. The molecule has 1 aliphatic carbocycles. The molecule has 30 heavy (non-hydrogen) atoms. The first kappa shape index (κ1) is 18.8. The van der Waals surface area contributed by atoms with E-state index in [4.69, 9.17) is 0 Å². The predicted octanol–water partition coefficient (Wildman–Crippen LogP) is 6.52. The molecule has 1 aromatic heterocycles. The Balaban J connectivity index is 1.47. The first-order valence-corrected chi connectivity index (χ1v) is 10.9. The van der Waals surface area contributed by atoms with Crippen molar-refractivity contribution in [3.63, 3.8) is 0 Å². The number of nitrogens with one attached hydrogen (secondary N) is 1. The molecule has 4 aromatic rings. The molecule has 0 aliphatic heterocycles. The summed E-state index contributed by atoms with van der Waals surface area (Å²) >= 11 is 0. The maximum absolute atomic E-state index is 13.6. The zero-order chi connectivity index (χ0) is 20.4. The van der Waals surface area contributed by atoms with Crippen LogP contribution in [0.5, 0.6) is 0 Å². The summed E-state index contributed by atoms with van der Waals surface area (Å²) in [6.45, 7) is 0. The van der Waals surface area contributed by atoms with Crippen LogP contribution >= 0.6 is 0 Å². The van der Waals surface area contributed by atoms with Crippen molar-refractivity contribution in [1.29, 1.82) is 0 Å². The highest BCUT2D eigenvalue weighted by Gasteiger charge is 2.39. The Hall–Kier alpha value is -3.20. The topological polar surface area (TPSA) is 42.0 Å². The maximum Gasteiger partial charge on any atom is 0.230 e. The Morgan fingerprint density at radius 1 is 0.867 bits per heavy atom. The van der Waals surface area contributed by atoms with E-state index >= 15 is 0 Å². The molecule has 1 fully saturated rings. The molecule has 1 amide bonds. The molecular weight excluding hydrogens is 368 g/mol. The van der Waals surface area contributed by atoms with Crippen molar-refractivity contribution in [2.45, 2.75) is 38.5 Å². The molecule has 5 rings (SSSR count). The van der Waals surface area contributed by atoms with E-state index in [-0.39, 0.29) is 11.3 Å². The van der Waals surface area contributed by atoms with E-state index < -0.39 is 0 Å². The zero-order valence-corrected chi connectivity index (χ0v) is 17.1. The highest BCUT2D eigenvalue weighted by Crippen LogP contribution is 2.41. The minimum Gasteiger partial charge on any atom is -0.324 e. The number of hydrogen-bond donors (Lipinski definition) is 1. The molecule has 0 bridgehead atoms. The van der Waals surface area contributed by atoms with Crippen LogP contribution in [0.15, 0.2) is 79.0 Å². The molecule has 1 saturated carbocycles. The van der Waals surface area contributed by atoms with E-state index in [9.17, 15) is 4.79 Å². The van der Waals surface area contributed by atoms with Gasteiger partial charge in [0, 0.05) is 5.39 Å². The Bertz CT molecular complexity index is 1200. The molecule has 3 nitrogen and oxygen atoms in total. The maximum atomic E-state index is 13.6. The van der Waals surface area contributed by atoms with Crippen LogP contribution in [0.2, 0.25) is 0 Å². The highest BCUT2D eigenvalue weighted by atomic mass is 16.2. The van der Waals surface area contributed by atoms with Crippen LogP contribution in [0.25, 0.3) is 21.7 Å². The Morgan fingerprint density at radius 3 is 2.47 bits per heavy atom. The van der Waals surface area contributed by atoms with Gasteiger partial charge in [0.05, 0.1) is 22.8 Å². The number of para-hydroxylation sites is 1. The van der Waals surface area contributed by atoms with Gasteiger partial charge in [0.25, 0.3) is 0 Å². The molecule has 1 N–H and O–H groups in total. The Labute approximate surface area is 177 Å². The Kier molecular flexibility index (Phi) is 4.96. The third kappa shape index (κ3) is 3.56. The van der Waals surface area contributed by atoms with Gasteiger partial charge < -0.3 is 5.32 Å². The lowest BCUT2D eigenvalue weighted by Crippen LogP contribution is -2.40. The average molecular weight is 395 g/mol. The van der Waals surface area contributed by atoms with Gasteiger partial charge in [-0.05, 0) is 47.7 Å². The van der Waals surface area contributed by atoms with Crippen LogP contribution in [0, 0.1) is 5.41 Å². The van der Waals surface area contributed by atoms with Gasteiger partial charge in [0.1, 0.15) is 0 Å². The minimum absolute atomic E-state index is 0.132. The number of aromatic nitrogens is 1. The lowest BCUT2D eigenvalue weighted by Gasteiger charge is -2.36. The van der Waals surface area contributed by atoms with Crippen molar-refractivity contribution in [1.82, 2.24) is 4.98 Å². The summed E-state index contributed by atoms with van der Waals surface area (Å²) in [5.74, 6) is 0.132. The van der Waals surface area contributed by atoms with Crippen molar-refractivity contribution >= 4 is 33.3 Å². The molecule has 150 valence electrons. The normalized spacial score (nSPS) is 15.9. The second kappa shape index (κ2) is 7.91. The largest absolute Gasteiger partial charge is 0.324 e. The van der Waals surface area contributed by atoms with Crippen molar-refractivity contribution in [2.75, 3.05) is 5.32 Å². The number of benzene rings is 3. The quantitative estimate of drug-likeness (QED) is 0.428. The fourth-order valence-electron chi connectivity index (χ4n) is 4.93. The first-order valence-electron chi connectivity index (χ1n) is 10.9. The standard InChI is InChI=1S/C27H26N2O/c30-26(29-23-17-21-10-3-5-14-25(21)28-19-23)27(15-6-1-7-16-27)18-22-12-8-11-20-9-2-4-13-24(20)22/h2-5,8-14,17,19H,1,6-7,15-16,18H2,(H,29,30). The number of pyridine rings is 1. The number of amides is 1. The van der Waals surface area contributed by atoms with E-state index in [0.29, 0.717) is 0 Å². The summed E-state index contributed by atoms with van der Waals surface area (Å²) in [4.78, 5) is 18.1. The molecule has 0 saturated heterocycles. The third-order valence-corrected chi connectivity index (χ3v) is 6.55. The van der Waals surface area contributed by atoms with Gasteiger partial charge in [-0.15, -0.1) is 0 Å². The summed E-state index contributed by atoms with van der Waals surface area (Å²) in [5, 5.41) is 6.75. The number of anilines is 1. The summed E-state index contributed by atoms with van der Waals surface area (Å²) in [6, 6.07) is 24.9. The first-order chi connectivity index (χ1) is 14.7. The van der Waals surface area contributed by atoms with Crippen LogP contribution in [-0.4, -0.2) is 10.9 Å². The van der Waals surface area contributed by atoms with Crippen molar-refractivity contribution < 1.29 is 4.79 Å². The lowest BCUT2D eigenvalue weighted by molar-refractivity contribution is -0.127. The molecule has 3 heteroatoms. The lowest BCUT2D eigenvalue weighted by atomic mass is 9.69. The van der Waals surface area contributed by atoms with Gasteiger partial charge in [-0.2, -0.15) is 0 Å². The smallest absolute Gasteiger partial charge is 0.230 e. The number of nitrogens with zero attached hydrogens (tertiary/aromatic N) is 1. The second-order valence-electron chi connectivity index (χ2n) is 8.53. The van der Waals surface area contributed by atoms with Crippen LogP contribution in [0.1, 0.15) is 37.7 Å². The van der Waals surface area contributed by atoms with Gasteiger partial charge in [0.2, 0.25) is 5.91 Å².